The van der Waals surface area contributed by atoms with E-state index in [0.29, 0.717) is 18.1 Å². The number of aromatic nitrogens is 3. The topological polar surface area (TPSA) is 59.7 Å². The molecule has 28 heavy (non-hydrogen) atoms. The molecule has 0 radical (unpaired) electrons. The zero-order valence-electron chi connectivity index (χ0n) is 15.7. The Hall–Kier alpha value is -2.00. The van der Waals surface area contributed by atoms with E-state index in [2.05, 4.69) is 34.3 Å². The lowest BCUT2D eigenvalue weighted by atomic mass is 10.1. The van der Waals surface area contributed by atoms with Gasteiger partial charge in [0.15, 0.2) is 4.34 Å². The van der Waals surface area contributed by atoms with E-state index < -0.39 is 0 Å². The molecule has 2 aromatic heterocycles. The van der Waals surface area contributed by atoms with Gasteiger partial charge in [0.2, 0.25) is 4.96 Å². The summed E-state index contributed by atoms with van der Waals surface area (Å²) in [6.45, 7) is 3.02. The van der Waals surface area contributed by atoms with Crippen molar-refractivity contribution in [1.29, 1.82) is 0 Å². The average Bonchev–Trinajstić information content (AvgIpc) is 3.14. The molecule has 1 aliphatic heterocycles. The Morgan fingerprint density at radius 2 is 2.18 bits per heavy atom. The predicted octanol–water partition coefficient (Wildman–Crippen LogP) is 2.96. The summed E-state index contributed by atoms with van der Waals surface area (Å²) in [5.74, 6) is 0.800. The highest BCUT2D eigenvalue weighted by Gasteiger charge is 2.23. The van der Waals surface area contributed by atoms with E-state index in [4.69, 9.17) is 9.72 Å². The van der Waals surface area contributed by atoms with E-state index in [0.717, 1.165) is 40.9 Å². The highest BCUT2D eigenvalue weighted by molar-refractivity contribution is 8.01. The highest BCUT2D eigenvalue weighted by atomic mass is 32.2. The number of rotatable bonds is 7. The summed E-state index contributed by atoms with van der Waals surface area (Å²) >= 11 is 3.10. The molecule has 8 heteroatoms. The fourth-order valence-electron chi connectivity index (χ4n) is 3.17. The molecule has 1 aliphatic rings. The van der Waals surface area contributed by atoms with Gasteiger partial charge in [-0.2, -0.15) is 4.52 Å². The van der Waals surface area contributed by atoms with Gasteiger partial charge in [0.25, 0.3) is 5.56 Å². The lowest BCUT2D eigenvalue weighted by molar-refractivity contribution is 0.140. The largest absolute Gasteiger partial charge is 0.383 e. The molecule has 0 aliphatic carbocycles. The van der Waals surface area contributed by atoms with Gasteiger partial charge in [0.05, 0.1) is 17.9 Å². The summed E-state index contributed by atoms with van der Waals surface area (Å²) in [4.78, 5) is 20.5. The van der Waals surface area contributed by atoms with E-state index in [1.807, 2.05) is 18.2 Å². The maximum atomic E-state index is 12.9. The van der Waals surface area contributed by atoms with Crippen molar-refractivity contribution >= 4 is 34.1 Å². The summed E-state index contributed by atoms with van der Waals surface area (Å²) < 4.78 is 7.48. The first-order chi connectivity index (χ1) is 13.7. The molecule has 0 saturated heterocycles. The van der Waals surface area contributed by atoms with E-state index in [9.17, 15) is 4.79 Å². The van der Waals surface area contributed by atoms with Crippen molar-refractivity contribution < 1.29 is 4.74 Å². The molecule has 6 nitrogen and oxygen atoms in total. The van der Waals surface area contributed by atoms with E-state index in [-0.39, 0.29) is 5.56 Å². The minimum atomic E-state index is -0.0370. The molecular formula is C20H22N4O2S2. The minimum Gasteiger partial charge on any atom is -0.383 e. The maximum absolute atomic E-state index is 12.9. The van der Waals surface area contributed by atoms with Crippen LogP contribution in [0.25, 0.3) is 11.0 Å². The summed E-state index contributed by atoms with van der Waals surface area (Å²) in [6, 6.07) is 10.2. The molecule has 0 unspecified atom stereocenters. The Bertz CT molecular complexity index is 1030. The van der Waals surface area contributed by atoms with Crippen molar-refractivity contribution in [1.82, 2.24) is 19.5 Å². The second-order valence-corrected chi connectivity index (χ2v) is 8.77. The summed E-state index contributed by atoms with van der Waals surface area (Å²) in [7, 11) is 1.70. The molecule has 0 atom stereocenters. The monoisotopic (exact) mass is 414 g/mol. The van der Waals surface area contributed by atoms with Crippen LogP contribution in [-0.4, -0.2) is 52.1 Å². The predicted molar refractivity (Wildman–Crippen MR) is 114 cm³/mol. The molecule has 0 N–H and O–H groups in total. The van der Waals surface area contributed by atoms with Crippen LogP contribution < -0.4 is 5.56 Å². The molecule has 3 aromatic rings. The van der Waals surface area contributed by atoms with Crippen molar-refractivity contribution in [2.24, 2.45) is 0 Å². The van der Waals surface area contributed by atoms with Gasteiger partial charge in [0, 0.05) is 38.9 Å². The second-order valence-electron chi connectivity index (χ2n) is 6.55. The quantitative estimate of drug-likeness (QED) is 0.554. The first-order valence-corrected chi connectivity index (χ1v) is 11.0. The zero-order valence-corrected chi connectivity index (χ0v) is 17.3. The van der Waals surface area contributed by atoms with Gasteiger partial charge in [-0.15, -0.1) is 5.10 Å². The number of nitrogens with zero attached hydrogens (tertiary/aromatic N) is 4. The van der Waals surface area contributed by atoms with Crippen LogP contribution in [0.2, 0.25) is 0 Å². The Kier molecular flexibility index (Phi) is 6.21. The molecule has 0 saturated carbocycles. The van der Waals surface area contributed by atoms with Crippen molar-refractivity contribution in [3.05, 3.63) is 63.6 Å². The van der Waals surface area contributed by atoms with Gasteiger partial charge < -0.3 is 4.74 Å². The SMILES string of the molecule is COCCN1CCc2nc3sc(SC/C=C\c4ccccc4)nn3c(=O)c2C1. The number of fused-ring (bicyclic) bond motifs is 2. The van der Waals surface area contributed by atoms with E-state index in [1.165, 1.54) is 21.4 Å². The van der Waals surface area contributed by atoms with Gasteiger partial charge in [-0.1, -0.05) is 65.6 Å². The summed E-state index contributed by atoms with van der Waals surface area (Å²) in [6.07, 6.45) is 5.00. The fourth-order valence-corrected chi connectivity index (χ4v) is 4.96. The molecule has 0 amide bonds. The third-order valence-corrected chi connectivity index (χ3v) is 6.64. The molecule has 0 bridgehead atoms. The number of thioether (sulfide) groups is 1. The Morgan fingerprint density at radius 3 is 3.00 bits per heavy atom. The van der Waals surface area contributed by atoms with Gasteiger partial charge in [-0.25, -0.2) is 4.98 Å². The van der Waals surface area contributed by atoms with Crippen LogP contribution in [0.5, 0.6) is 0 Å². The van der Waals surface area contributed by atoms with Gasteiger partial charge in [-0.3, -0.25) is 9.69 Å². The molecular weight excluding hydrogens is 392 g/mol. The fraction of sp³-hybridized carbons (Fsp3) is 0.350. The Morgan fingerprint density at radius 1 is 1.32 bits per heavy atom. The smallest absolute Gasteiger partial charge is 0.279 e. The maximum Gasteiger partial charge on any atom is 0.279 e. The first-order valence-electron chi connectivity index (χ1n) is 9.22. The number of benzene rings is 1. The molecule has 146 valence electrons. The van der Waals surface area contributed by atoms with Crippen molar-refractivity contribution in [2.75, 3.05) is 32.6 Å². The summed E-state index contributed by atoms with van der Waals surface area (Å²) in [5.41, 5.74) is 2.83. The lowest BCUT2D eigenvalue weighted by Gasteiger charge is -2.26. The Balaban J connectivity index is 1.48. The van der Waals surface area contributed by atoms with Gasteiger partial charge in [-0.05, 0) is 5.56 Å². The summed E-state index contributed by atoms with van der Waals surface area (Å²) in [5, 5.41) is 4.50. The van der Waals surface area contributed by atoms with E-state index in [1.54, 1.807) is 18.9 Å². The minimum absolute atomic E-state index is 0.0370. The Labute approximate surface area is 171 Å². The van der Waals surface area contributed by atoms with Crippen LogP contribution in [0.3, 0.4) is 0 Å². The number of ether oxygens (including phenoxy) is 1. The average molecular weight is 415 g/mol. The molecule has 3 heterocycles. The number of hydrogen-bond donors (Lipinski definition) is 0. The van der Waals surface area contributed by atoms with Crippen LogP contribution >= 0.6 is 23.1 Å². The van der Waals surface area contributed by atoms with Crippen molar-refractivity contribution in [3.8, 4) is 0 Å². The second kappa shape index (κ2) is 9.00. The highest BCUT2D eigenvalue weighted by Crippen LogP contribution is 2.25. The lowest BCUT2D eigenvalue weighted by Crippen LogP contribution is -2.38. The first kappa shape index (κ1) is 19.3. The van der Waals surface area contributed by atoms with E-state index >= 15 is 0 Å². The van der Waals surface area contributed by atoms with Crippen molar-refractivity contribution in [3.63, 3.8) is 0 Å². The van der Waals surface area contributed by atoms with Crippen LogP contribution in [0, 0.1) is 0 Å². The van der Waals surface area contributed by atoms with Crippen LogP contribution in [-0.2, 0) is 17.7 Å². The van der Waals surface area contributed by atoms with Crippen LogP contribution in [0.4, 0.5) is 0 Å². The third kappa shape index (κ3) is 4.35. The van der Waals surface area contributed by atoms with Gasteiger partial charge in [0.1, 0.15) is 0 Å². The third-order valence-electron chi connectivity index (χ3n) is 4.64. The zero-order chi connectivity index (χ0) is 19.3. The normalized spacial score (nSPS) is 14.8. The van der Waals surface area contributed by atoms with Crippen LogP contribution in [0.1, 0.15) is 16.8 Å². The van der Waals surface area contributed by atoms with Crippen LogP contribution in [0.15, 0.2) is 45.5 Å². The van der Waals surface area contributed by atoms with Crippen molar-refractivity contribution in [2.45, 2.75) is 17.3 Å². The molecule has 1 aromatic carbocycles. The number of methoxy groups -OCH3 is 1. The van der Waals surface area contributed by atoms with Gasteiger partial charge >= 0.3 is 0 Å². The molecule has 0 fully saturated rings. The number of hydrogen-bond acceptors (Lipinski definition) is 7. The molecule has 0 spiro atoms. The molecule has 4 rings (SSSR count). The standard InChI is InChI=1S/C20H22N4O2S2/c1-26-12-11-23-10-9-17-16(14-23)18(25)24-19(21-17)28-20(22-24)27-13-5-8-15-6-3-2-4-7-15/h2-8H,9-14H2,1H3/b8-5-.